The Hall–Kier alpha value is -2.31. The maximum atomic E-state index is 5.81. The third-order valence-corrected chi connectivity index (χ3v) is 6.72. The van der Waals surface area contributed by atoms with Crippen LogP contribution in [0.25, 0.3) is 10.9 Å². The van der Waals surface area contributed by atoms with Crippen molar-refractivity contribution < 1.29 is 9.47 Å². The molecule has 6 heteroatoms. The lowest BCUT2D eigenvalue weighted by Gasteiger charge is -2.33. The van der Waals surface area contributed by atoms with Gasteiger partial charge in [-0.15, -0.1) is 0 Å². The molecule has 1 N–H and O–H groups in total. The SMILES string of the molecule is CCOc1cc(CN2CCC(Nc3cc(C)c4ccccc4n3)CC2)cc(OCC)c1Br. The summed E-state index contributed by atoms with van der Waals surface area (Å²) in [6, 6.07) is 15.2. The predicted octanol–water partition coefficient (Wildman–Crippen LogP) is 6.18. The van der Waals surface area contributed by atoms with Crippen LogP contribution in [0.3, 0.4) is 0 Å². The smallest absolute Gasteiger partial charge is 0.137 e. The molecule has 3 aromatic rings. The van der Waals surface area contributed by atoms with Gasteiger partial charge in [0.1, 0.15) is 21.8 Å². The lowest BCUT2D eigenvalue weighted by atomic mass is 10.0. The molecule has 1 fully saturated rings. The van der Waals surface area contributed by atoms with E-state index in [0.717, 1.165) is 59.8 Å². The highest BCUT2D eigenvalue weighted by atomic mass is 79.9. The zero-order chi connectivity index (χ0) is 22.5. The fraction of sp³-hybridized carbons (Fsp3) is 0.423. The molecular weight excluding hydrogens is 466 g/mol. The Labute approximate surface area is 199 Å². The maximum absolute atomic E-state index is 5.81. The van der Waals surface area contributed by atoms with Gasteiger partial charge in [0.05, 0.1) is 18.7 Å². The van der Waals surface area contributed by atoms with E-state index in [1.807, 2.05) is 19.9 Å². The lowest BCUT2D eigenvalue weighted by Crippen LogP contribution is -2.38. The second-order valence-corrected chi connectivity index (χ2v) is 9.10. The topological polar surface area (TPSA) is 46.6 Å². The Kier molecular flexibility index (Phi) is 7.53. The number of anilines is 1. The lowest BCUT2D eigenvalue weighted by molar-refractivity contribution is 0.210. The highest BCUT2D eigenvalue weighted by molar-refractivity contribution is 9.10. The number of hydrogen-bond acceptors (Lipinski definition) is 5. The van der Waals surface area contributed by atoms with E-state index in [1.54, 1.807) is 0 Å². The fourth-order valence-electron chi connectivity index (χ4n) is 4.37. The summed E-state index contributed by atoms with van der Waals surface area (Å²) >= 11 is 3.62. The minimum absolute atomic E-state index is 0.446. The van der Waals surface area contributed by atoms with Crippen molar-refractivity contribution in [1.82, 2.24) is 9.88 Å². The predicted molar refractivity (Wildman–Crippen MR) is 135 cm³/mol. The number of piperidine rings is 1. The summed E-state index contributed by atoms with van der Waals surface area (Å²) in [6.07, 6.45) is 2.20. The van der Waals surface area contributed by atoms with Crippen LogP contribution in [0.15, 0.2) is 46.9 Å². The highest BCUT2D eigenvalue weighted by Crippen LogP contribution is 2.36. The molecule has 0 atom stereocenters. The molecule has 1 saturated heterocycles. The average Bonchev–Trinajstić information content (AvgIpc) is 2.78. The van der Waals surface area contributed by atoms with Crippen LogP contribution in [0.2, 0.25) is 0 Å². The van der Waals surface area contributed by atoms with E-state index in [9.17, 15) is 0 Å². The number of benzene rings is 2. The van der Waals surface area contributed by atoms with Crippen LogP contribution in [-0.4, -0.2) is 42.2 Å². The maximum Gasteiger partial charge on any atom is 0.137 e. The van der Waals surface area contributed by atoms with Gasteiger partial charge in [0.2, 0.25) is 0 Å². The van der Waals surface area contributed by atoms with Gasteiger partial charge in [0.15, 0.2) is 0 Å². The van der Waals surface area contributed by atoms with E-state index in [4.69, 9.17) is 14.5 Å². The molecule has 170 valence electrons. The first-order chi connectivity index (χ1) is 15.6. The molecule has 32 heavy (non-hydrogen) atoms. The summed E-state index contributed by atoms with van der Waals surface area (Å²) in [5.74, 6) is 2.68. The molecule has 0 amide bonds. The van der Waals surface area contributed by atoms with Crippen molar-refractivity contribution >= 4 is 32.7 Å². The zero-order valence-corrected chi connectivity index (χ0v) is 20.7. The number of aromatic nitrogens is 1. The van der Waals surface area contributed by atoms with Gasteiger partial charge < -0.3 is 14.8 Å². The van der Waals surface area contributed by atoms with Gasteiger partial charge in [-0.25, -0.2) is 4.98 Å². The summed E-state index contributed by atoms with van der Waals surface area (Å²) in [6.45, 7) is 10.4. The van der Waals surface area contributed by atoms with Crippen LogP contribution >= 0.6 is 15.9 Å². The number of rotatable bonds is 8. The van der Waals surface area contributed by atoms with Gasteiger partial charge >= 0.3 is 0 Å². The second-order valence-electron chi connectivity index (χ2n) is 8.31. The summed E-state index contributed by atoms with van der Waals surface area (Å²) in [4.78, 5) is 7.33. The van der Waals surface area contributed by atoms with E-state index in [2.05, 4.69) is 69.5 Å². The van der Waals surface area contributed by atoms with Crippen molar-refractivity contribution in [2.24, 2.45) is 0 Å². The van der Waals surface area contributed by atoms with E-state index in [-0.39, 0.29) is 0 Å². The minimum Gasteiger partial charge on any atom is -0.493 e. The van der Waals surface area contributed by atoms with Crippen molar-refractivity contribution in [2.45, 2.75) is 46.2 Å². The Balaban J connectivity index is 1.38. The third kappa shape index (κ3) is 5.36. The highest BCUT2D eigenvalue weighted by Gasteiger charge is 2.21. The monoisotopic (exact) mass is 497 g/mol. The van der Waals surface area contributed by atoms with Crippen LogP contribution in [-0.2, 0) is 6.54 Å². The number of ether oxygens (including phenoxy) is 2. The Morgan fingerprint density at radius 2 is 1.69 bits per heavy atom. The van der Waals surface area contributed by atoms with Gasteiger partial charge in [0.25, 0.3) is 0 Å². The van der Waals surface area contributed by atoms with Crippen LogP contribution in [0.5, 0.6) is 11.5 Å². The molecular formula is C26H32BrN3O2. The summed E-state index contributed by atoms with van der Waals surface area (Å²) in [7, 11) is 0. The van der Waals surface area contributed by atoms with E-state index in [1.165, 1.54) is 16.5 Å². The van der Waals surface area contributed by atoms with E-state index < -0.39 is 0 Å². The van der Waals surface area contributed by atoms with Gasteiger partial charge in [0, 0.05) is 31.1 Å². The van der Waals surface area contributed by atoms with Gasteiger partial charge in [-0.05, 0) is 84.9 Å². The molecule has 0 unspecified atom stereocenters. The molecule has 0 spiro atoms. The van der Waals surface area contributed by atoms with E-state index in [0.29, 0.717) is 19.3 Å². The number of aryl methyl sites for hydroxylation is 1. The van der Waals surface area contributed by atoms with Gasteiger partial charge in [-0.1, -0.05) is 18.2 Å². The summed E-state index contributed by atoms with van der Waals surface area (Å²) in [5.41, 5.74) is 3.54. The molecule has 0 radical (unpaired) electrons. The number of halogens is 1. The molecule has 0 saturated carbocycles. The number of fused-ring (bicyclic) bond motifs is 1. The Bertz CT molecular complexity index is 1040. The average molecular weight is 498 g/mol. The van der Waals surface area contributed by atoms with Crippen molar-refractivity contribution in [2.75, 3.05) is 31.6 Å². The van der Waals surface area contributed by atoms with Crippen LogP contribution in [0.1, 0.15) is 37.8 Å². The molecule has 0 bridgehead atoms. The summed E-state index contributed by atoms with van der Waals surface area (Å²) < 4.78 is 12.5. The first-order valence-electron chi connectivity index (χ1n) is 11.5. The van der Waals surface area contributed by atoms with Crippen LogP contribution < -0.4 is 14.8 Å². The first kappa shape index (κ1) is 22.9. The number of hydrogen-bond donors (Lipinski definition) is 1. The molecule has 4 rings (SSSR count). The van der Waals surface area contributed by atoms with Crippen LogP contribution in [0.4, 0.5) is 5.82 Å². The number of nitrogens with zero attached hydrogens (tertiary/aromatic N) is 2. The number of likely N-dealkylation sites (tertiary alicyclic amines) is 1. The van der Waals surface area contributed by atoms with Gasteiger partial charge in [-0.3, -0.25) is 4.90 Å². The standard InChI is InChI=1S/C26H32BrN3O2/c1-4-31-23-15-19(16-24(26(23)27)32-5-2)17-30-12-10-20(11-13-30)28-25-14-18(3)21-8-6-7-9-22(21)29-25/h6-9,14-16,20H,4-5,10-13,17H2,1-3H3,(H,28,29). The van der Waals surface area contributed by atoms with Crippen molar-refractivity contribution in [3.63, 3.8) is 0 Å². The molecule has 1 aliphatic rings. The third-order valence-electron chi connectivity index (χ3n) is 5.93. The second kappa shape index (κ2) is 10.5. The molecule has 0 aliphatic carbocycles. The molecule has 1 aliphatic heterocycles. The largest absolute Gasteiger partial charge is 0.493 e. The first-order valence-corrected chi connectivity index (χ1v) is 12.3. The zero-order valence-electron chi connectivity index (χ0n) is 19.2. The van der Waals surface area contributed by atoms with Crippen molar-refractivity contribution in [1.29, 1.82) is 0 Å². The van der Waals surface area contributed by atoms with E-state index >= 15 is 0 Å². The number of para-hydroxylation sites is 1. The molecule has 5 nitrogen and oxygen atoms in total. The fourth-order valence-corrected chi connectivity index (χ4v) is 4.82. The minimum atomic E-state index is 0.446. The quantitative estimate of drug-likeness (QED) is 0.402. The Morgan fingerprint density at radius 3 is 2.34 bits per heavy atom. The van der Waals surface area contributed by atoms with Gasteiger partial charge in [-0.2, -0.15) is 0 Å². The molecule has 2 heterocycles. The Morgan fingerprint density at radius 1 is 1.03 bits per heavy atom. The summed E-state index contributed by atoms with van der Waals surface area (Å²) in [5, 5.41) is 4.90. The number of nitrogens with one attached hydrogen (secondary N) is 1. The molecule has 2 aromatic carbocycles. The normalized spacial score (nSPS) is 15.1. The van der Waals surface area contributed by atoms with Crippen LogP contribution in [0, 0.1) is 6.92 Å². The van der Waals surface area contributed by atoms with Crippen molar-refractivity contribution in [3.05, 3.63) is 58.1 Å². The number of pyridine rings is 1. The molecule has 1 aromatic heterocycles. The van der Waals surface area contributed by atoms with Crippen molar-refractivity contribution in [3.8, 4) is 11.5 Å².